The second-order valence-electron chi connectivity index (χ2n) is 9.13. The molecule has 1 amide bonds. The van der Waals surface area contributed by atoms with Crippen molar-refractivity contribution < 1.29 is 23.8 Å². The Morgan fingerprint density at radius 2 is 1.91 bits per heavy atom. The molecule has 1 unspecified atom stereocenters. The summed E-state index contributed by atoms with van der Waals surface area (Å²) in [5, 5.41) is 22.2. The topological polar surface area (TPSA) is 115 Å². The standard InChI is InChI=1S/C25H33N5O5/c1-16(2)12-18(26-25(32)19-6-5-11-35-19)24-28-27-22-7-8-29(9-10-30(22)24)15-17-13-20(33-3)23(31)21(14-17)34-4/h5-6,11,13-14,16,18,31H,7-10,12,15H2,1-4H3,(H,26,32). The summed E-state index contributed by atoms with van der Waals surface area (Å²) < 4.78 is 18.0. The van der Waals surface area contributed by atoms with Crippen molar-refractivity contribution in [1.29, 1.82) is 0 Å². The number of ether oxygens (including phenoxy) is 2. The number of rotatable bonds is 9. The van der Waals surface area contributed by atoms with E-state index in [0.717, 1.165) is 43.1 Å². The normalized spacial score (nSPS) is 14.9. The van der Waals surface area contributed by atoms with Gasteiger partial charge in [-0.05, 0) is 42.2 Å². The van der Waals surface area contributed by atoms with Crippen LogP contribution >= 0.6 is 0 Å². The lowest BCUT2D eigenvalue weighted by Crippen LogP contribution is -2.32. The molecule has 0 aliphatic carbocycles. The van der Waals surface area contributed by atoms with E-state index in [4.69, 9.17) is 13.9 Å². The van der Waals surface area contributed by atoms with Gasteiger partial charge in [0.25, 0.3) is 5.91 Å². The monoisotopic (exact) mass is 483 g/mol. The maximum Gasteiger partial charge on any atom is 0.287 e. The molecule has 0 radical (unpaired) electrons. The maximum atomic E-state index is 12.7. The highest BCUT2D eigenvalue weighted by Crippen LogP contribution is 2.37. The average molecular weight is 484 g/mol. The van der Waals surface area contributed by atoms with Gasteiger partial charge in [-0.2, -0.15) is 0 Å². The van der Waals surface area contributed by atoms with Crippen LogP contribution in [0.5, 0.6) is 17.2 Å². The minimum Gasteiger partial charge on any atom is -0.502 e. The van der Waals surface area contributed by atoms with Crippen molar-refractivity contribution in [2.75, 3.05) is 27.3 Å². The van der Waals surface area contributed by atoms with E-state index in [1.807, 2.05) is 12.1 Å². The molecule has 35 heavy (non-hydrogen) atoms. The minimum absolute atomic E-state index is 0.00161. The number of hydrogen-bond acceptors (Lipinski definition) is 8. The number of hydrogen-bond donors (Lipinski definition) is 2. The van der Waals surface area contributed by atoms with Gasteiger partial charge in [-0.15, -0.1) is 10.2 Å². The van der Waals surface area contributed by atoms with Crippen molar-refractivity contribution in [3.63, 3.8) is 0 Å². The summed E-state index contributed by atoms with van der Waals surface area (Å²) in [5.41, 5.74) is 0.984. The van der Waals surface area contributed by atoms with Gasteiger partial charge < -0.3 is 28.9 Å². The summed E-state index contributed by atoms with van der Waals surface area (Å²) in [7, 11) is 3.05. The molecule has 1 aromatic carbocycles. The summed E-state index contributed by atoms with van der Waals surface area (Å²) in [6.07, 6.45) is 2.96. The second-order valence-corrected chi connectivity index (χ2v) is 9.13. The Kier molecular flexibility index (Phi) is 7.60. The van der Waals surface area contributed by atoms with Gasteiger partial charge in [0, 0.05) is 32.6 Å². The molecule has 0 spiro atoms. The molecule has 1 aliphatic rings. The highest BCUT2D eigenvalue weighted by atomic mass is 16.5. The summed E-state index contributed by atoms with van der Waals surface area (Å²) in [6, 6.07) is 6.74. The van der Waals surface area contributed by atoms with Gasteiger partial charge in [-0.25, -0.2) is 0 Å². The number of carbonyl (C=O) groups is 1. The van der Waals surface area contributed by atoms with E-state index in [2.05, 4.69) is 38.8 Å². The smallest absolute Gasteiger partial charge is 0.287 e. The number of aromatic hydroxyl groups is 1. The van der Waals surface area contributed by atoms with Crippen molar-refractivity contribution in [2.45, 2.75) is 45.8 Å². The third-order valence-corrected chi connectivity index (χ3v) is 6.16. The van der Waals surface area contributed by atoms with Gasteiger partial charge in [-0.3, -0.25) is 9.69 Å². The lowest BCUT2D eigenvalue weighted by Gasteiger charge is -2.22. The number of phenolic OH excluding ortho intramolecular Hbond substituents is 1. The molecule has 10 heteroatoms. The molecule has 188 valence electrons. The van der Waals surface area contributed by atoms with Crippen molar-refractivity contribution in [3.8, 4) is 17.2 Å². The Morgan fingerprint density at radius 1 is 1.17 bits per heavy atom. The quantitative estimate of drug-likeness (QED) is 0.477. The third-order valence-electron chi connectivity index (χ3n) is 6.16. The van der Waals surface area contributed by atoms with Gasteiger partial charge in [-0.1, -0.05) is 13.8 Å². The number of benzene rings is 1. The third kappa shape index (κ3) is 5.59. The number of aromatic nitrogens is 3. The number of nitrogens with zero attached hydrogens (tertiary/aromatic N) is 4. The molecule has 2 aromatic heterocycles. The van der Waals surface area contributed by atoms with Crippen molar-refractivity contribution in [1.82, 2.24) is 25.0 Å². The van der Waals surface area contributed by atoms with E-state index in [0.29, 0.717) is 30.5 Å². The number of fused-ring (bicyclic) bond motifs is 1. The van der Waals surface area contributed by atoms with Crippen LogP contribution in [0.15, 0.2) is 34.9 Å². The summed E-state index contributed by atoms with van der Waals surface area (Å²) in [4.78, 5) is 15.0. The van der Waals surface area contributed by atoms with E-state index < -0.39 is 0 Å². The molecule has 0 fully saturated rings. The maximum absolute atomic E-state index is 12.7. The van der Waals surface area contributed by atoms with Crippen LogP contribution in [0.1, 0.15) is 54.1 Å². The molecule has 2 N–H and O–H groups in total. The fourth-order valence-corrected chi connectivity index (χ4v) is 4.44. The molecule has 0 saturated carbocycles. The first-order valence-electron chi connectivity index (χ1n) is 11.8. The molecule has 1 atom stereocenters. The lowest BCUT2D eigenvalue weighted by molar-refractivity contribution is 0.0900. The Bertz CT molecular complexity index is 1120. The van der Waals surface area contributed by atoms with E-state index in [-0.39, 0.29) is 23.5 Å². The Morgan fingerprint density at radius 3 is 2.54 bits per heavy atom. The zero-order chi connectivity index (χ0) is 24.9. The average Bonchev–Trinajstić information content (AvgIpc) is 3.47. The second kappa shape index (κ2) is 10.8. The number of amides is 1. The van der Waals surface area contributed by atoms with Crippen LogP contribution in [-0.4, -0.2) is 58.0 Å². The van der Waals surface area contributed by atoms with Crippen LogP contribution in [0.3, 0.4) is 0 Å². The molecule has 3 aromatic rings. The van der Waals surface area contributed by atoms with Crippen LogP contribution < -0.4 is 14.8 Å². The van der Waals surface area contributed by atoms with Gasteiger partial charge in [0.15, 0.2) is 23.1 Å². The van der Waals surface area contributed by atoms with Crippen LogP contribution in [0.2, 0.25) is 0 Å². The first kappa shape index (κ1) is 24.6. The number of methoxy groups -OCH3 is 2. The highest BCUT2D eigenvalue weighted by Gasteiger charge is 2.27. The van der Waals surface area contributed by atoms with Crippen LogP contribution in [0, 0.1) is 5.92 Å². The molecular weight excluding hydrogens is 450 g/mol. The molecule has 10 nitrogen and oxygen atoms in total. The highest BCUT2D eigenvalue weighted by molar-refractivity contribution is 5.91. The van der Waals surface area contributed by atoms with Crippen LogP contribution in [0.25, 0.3) is 0 Å². The Hall–Kier alpha value is -3.53. The van der Waals surface area contributed by atoms with Gasteiger partial charge in [0.2, 0.25) is 5.75 Å². The zero-order valence-corrected chi connectivity index (χ0v) is 20.7. The van der Waals surface area contributed by atoms with Gasteiger partial charge in [0.05, 0.1) is 26.5 Å². The first-order chi connectivity index (χ1) is 16.9. The fraction of sp³-hybridized carbons (Fsp3) is 0.480. The lowest BCUT2D eigenvalue weighted by atomic mass is 10.0. The molecule has 3 heterocycles. The van der Waals surface area contributed by atoms with Crippen molar-refractivity contribution in [3.05, 3.63) is 53.5 Å². The number of nitrogens with one attached hydrogen (secondary N) is 1. The largest absolute Gasteiger partial charge is 0.502 e. The summed E-state index contributed by atoms with van der Waals surface area (Å²) in [6.45, 7) is 7.20. The van der Waals surface area contributed by atoms with Gasteiger partial charge in [0.1, 0.15) is 5.82 Å². The molecular formula is C25H33N5O5. The summed E-state index contributed by atoms with van der Waals surface area (Å²) in [5.74, 6) is 2.82. The van der Waals surface area contributed by atoms with Crippen LogP contribution in [-0.2, 0) is 19.5 Å². The first-order valence-corrected chi connectivity index (χ1v) is 11.8. The van der Waals surface area contributed by atoms with Crippen molar-refractivity contribution >= 4 is 5.91 Å². The number of phenols is 1. The SMILES string of the molecule is COc1cc(CN2CCc3nnc(C(CC(C)C)NC(=O)c4ccco4)n3CC2)cc(OC)c1O. The number of carbonyl (C=O) groups excluding carboxylic acids is 1. The van der Waals surface area contributed by atoms with Crippen LogP contribution in [0.4, 0.5) is 0 Å². The molecule has 0 bridgehead atoms. The fourth-order valence-electron chi connectivity index (χ4n) is 4.44. The molecule has 4 rings (SSSR count). The minimum atomic E-state index is -0.272. The zero-order valence-electron chi connectivity index (χ0n) is 20.7. The molecule has 1 aliphatic heterocycles. The molecule has 0 saturated heterocycles. The van der Waals surface area contributed by atoms with E-state index in [1.165, 1.54) is 20.5 Å². The summed E-state index contributed by atoms with van der Waals surface area (Å²) >= 11 is 0. The van der Waals surface area contributed by atoms with E-state index in [1.54, 1.807) is 12.1 Å². The van der Waals surface area contributed by atoms with Gasteiger partial charge >= 0.3 is 0 Å². The predicted octanol–water partition coefficient (Wildman–Crippen LogP) is 3.17. The van der Waals surface area contributed by atoms with E-state index >= 15 is 0 Å². The Labute approximate surface area is 204 Å². The Balaban J connectivity index is 1.50. The van der Waals surface area contributed by atoms with E-state index in [9.17, 15) is 9.90 Å². The van der Waals surface area contributed by atoms with Crippen molar-refractivity contribution in [2.24, 2.45) is 5.92 Å². The number of furan rings is 1. The predicted molar refractivity (Wildman–Crippen MR) is 129 cm³/mol.